The zero-order valence-electron chi connectivity index (χ0n) is 15.3. The number of hydrazone groups is 2. The minimum atomic E-state index is -0.0220. The summed E-state index contributed by atoms with van der Waals surface area (Å²) < 4.78 is 0. The zero-order valence-corrected chi connectivity index (χ0v) is 15.3. The van der Waals surface area contributed by atoms with Gasteiger partial charge in [0.25, 0.3) is 0 Å². The van der Waals surface area contributed by atoms with Gasteiger partial charge in [-0.15, -0.1) is 0 Å². The van der Waals surface area contributed by atoms with Crippen molar-refractivity contribution in [3.63, 3.8) is 0 Å². The molecule has 2 fully saturated rings. The van der Waals surface area contributed by atoms with Gasteiger partial charge in [-0.3, -0.25) is 9.59 Å². The van der Waals surface area contributed by atoms with Crippen molar-refractivity contribution < 1.29 is 9.59 Å². The highest BCUT2D eigenvalue weighted by Gasteiger charge is 2.09. The molecule has 0 aromatic heterocycles. The Labute approximate surface area is 150 Å². The van der Waals surface area contributed by atoms with Crippen molar-refractivity contribution in [2.75, 3.05) is 0 Å². The molecule has 0 bridgehead atoms. The molecule has 2 rings (SSSR count). The second-order valence-electron chi connectivity index (χ2n) is 7.11. The second-order valence-corrected chi connectivity index (χ2v) is 7.11. The van der Waals surface area contributed by atoms with Gasteiger partial charge in [0.2, 0.25) is 11.8 Å². The van der Waals surface area contributed by atoms with Gasteiger partial charge in [-0.25, -0.2) is 10.9 Å². The van der Waals surface area contributed by atoms with E-state index < -0.39 is 0 Å². The van der Waals surface area contributed by atoms with Crippen LogP contribution in [0.4, 0.5) is 0 Å². The number of hydrogen-bond donors (Lipinski definition) is 2. The van der Waals surface area contributed by atoms with E-state index in [-0.39, 0.29) is 11.8 Å². The fourth-order valence-corrected chi connectivity index (χ4v) is 3.29. The van der Waals surface area contributed by atoms with Gasteiger partial charge in [-0.1, -0.05) is 19.3 Å². The predicted octanol–water partition coefficient (Wildman–Crippen LogP) is 3.81. The van der Waals surface area contributed by atoms with Gasteiger partial charge in [0, 0.05) is 24.3 Å². The fraction of sp³-hybridized carbons (Fsp3) is 0.789. The quantitative estimate of drug-likeness (QED) is 0.516. The van der Waals surface area contributed by atoms with Crippen molar-refractivity contribution in [2.45, 2.75) is 96.3 Å². The van der Waals surface area contributed by atoms with Gasteiger partial charge in [0.05, 0.1) is 0 Å². The number of nitrogens with one attached hydrogen (secondary N) is 2. The summed E-state index contributed by atoms with van der Waals surface area (Å²) in [6.07, 6.45) is 14.7. The van der Waals surface area contributed by atoms with E-state index in [1.165, 1.54) is 38.5 Å². The number of nitrogens with zero attached hydrogens (tertiary/aromatic N) is 2. The molecule has 0 radical (unpaired) electrons. The van der Waals surface area contributed by atoms with Crippen LogP contribution < -0.4 is 10.9 Å². The molecular weight excluding hydrogens is 316 g/mol. The number of hydrogen-bond acceptors (Lipinski definition) is 4. The van der Waals surface area contributed by atoms with Crippen molar-refractivity contribution >= 4 is 23.2 Å². The molecule has 0 aromatic carbocycles. The number of unbranched alkanes of at least 4 members (excludes halogenated alkanes) is 2. The minimum Gasteiger partial charge on any atom is -0.273 e. The Balaban J connectivity index is 1.48. The van der Waals surface area contributed by atoms with Crippen LogP contribution in [-0.4, -0.2) is 23.2 Å². The minimum absolute atomic E-state index is 0.0220. The lowest BCUT2D eigenvalue weighted by Gasteiger charge is -2.12. The standard InChI is InChI=1S/C19H32N4O2/c24-18(22-20-16-10-4-1-5-11-16)14-8-3-9-15-19(25)23-21-17-12-6-2-7-13-17/h1-15H2,(H,22,24)(H,23,25). The smallest absolute Gasteiger partial charge is 0.240 e. The normalized spacial score (nSPS) is 17.8. The van der Waals surface area contributed by atoms with E-state index in [4.69, 9.17) is 0 Å². The van der Waals surface area contributed by atoms with Crippen molar-refractivity contribution in [3.8, 4) is 0 Å². The lowest BCUT2D eigenvalue weighted by Crippen LogP contribution is -2.21. The summed E-state index contributed by atoms with van der Waals surface area (Å²) in [7, 11) is 0. The number of carbonyl (C=O) groups is 2. The number of rotatable bonds is 8. The van der Waals surface area contributed by atoms with Gasteiger partial charge >= 0.3 is 0 Å². The van der Waals surface area contributed by atoms with Crippen LogP contribution in [0.5, 0.6) is 0 Å². The number of carbonyl (C=O) groups excluding carboxylic acids is 2. The average molecular weight is 348 g/mol. The van der Waals surface area contributed by atoms with Crippen LogP contribution in [0.3, 0.4) is 0 Å². The first kappa shape index (κ1) is 19.6. The summed E-state index contributed by atoms with van der Waals surface area (Å²) in [5, 5.41) is 8.43. The average Bonchev–Trinajstić information content (AvgIpc) is 2.66. The lowest BCUT2D eigenvalue weighted by molar-refractivity contribution is -0.121. The third-order valence-electron chi connectivity index (χ3n) is 4.85. The van der Waals surface area contributed by atoms with Crippen molar-refractivity contribution in [1.29, 1.82) is 0 Å². The molecule has 0 aliphatic heterocycles. The SMILES string of the molecule is O=C(CCCCCC(=O)NN=C1CCCCC1)NN=C1CCCCC1. The molecule has 0 heterocycles. The van der Waals surface area contributed by atoms with Crippen molar-refractivity contribution in [1.82, 2.24) is 10.9 Å². The third kappa shape index (κ3) is 8.79. The maximum Gasteiger partial charge on any atom is 0.240 e. The summed E-state index contributed by atoms with van der Waals surface area (Å²) in [4.78, 5) is 23.5. The molecule has 6 heteroatoms. The van der Waals surface area contributed by atoms with Crippen LogP contribution in [0.2, 0.25) is 0 Å². The van der Waals surface area contributed by atoms with E-state index in [1.807, 2.05) is 0 Å². The van der Waals surface area contributed by atoms with Crippen LogP contribution in [0.25, 0.3) is 0 Å². The molecule has 0 atom stereocenters. The largest absolute Gasteiger partial charge is 0.273 e. The second kappa shape index (κ2) is 11.8. The third-order valence-corrected chi connectivity index (χ3v) is 4.85. The van der Waals surface area contributed by atoms with Crippen molar-refractivity contribution in [3.05, 3.63) is 0 Å². The van der Waals surface area contributed by atoms with Crippen LogP contribution in [0, 0.1) is 0 Å². The highest BCUT2D eigenvalue weighted by Crippen LogP contribution is 2.15. The first-order chi connectivity index (χ1) is 12.2. The highest BCUT2D eigenvalue weighted by molar-refractivity contribution is 5.87. The molecule has 25 heavy (non-hydrogen) atoms. The maximum atomic E-state index is 11.7. The van der Waals surface area contributed by atoms with E-state index >= 15 is 0 Å². The predicted molar refractivity (Wildman–Crippen MR) is 100 cm³/mol. The molecule has 0 unspecified atom stereocenters. The van der Waals surface area contributed by atoms with Crippen molar-refractivity contribution in [2.24, 2.45) is 10.2 Å². The Morgan fingerprint density at radius 1 is 0.640 bits per heavy atom. The summed E-state index contributed by atoms with van der Waals surface area (Å²) in [6.45, 7) is 0. The highest BCUT2D eigenvalue weighted by atomic mass is 16.2. The summed E-state index contributed by atoms with van der Waals surface area (Å²) in [5.74, 6) is -0.0440. The van der Waals surface area contributed by atoms with E-state index in [0.717, 1.165) is 56.4 Å². The molecule has 2 aliphatic rings. The molecule has 0 aromatic rings. The molecule has 0 spiro atoms. The molecule has 2 amide bonds. The van der Waals surface area contributed by atoms with Crippen LogP contribution in [-0.2, 0) is 9.59 Å². The van der Waals surface area contributed by atoms with Crippen LogP contribution in [0.1, 0.15) is 96.3 Å². The van der Waals surface area contributed by atoms with E-state index in [1.54, 1.807) is 0 Å². The van der Waals surface area contributed by atoms with E-state index in [9.17, 15) is 9.59 Å². The Hall–Kier alpha value is -1.72. The summed E-state index contributed by atoms with van der Waals surface area (Å²) in [6, 6.07) is 0. The van der Waals surface area contributed by atoms with Gasteiger partial charge in [-0.2, -0.15) is 10.2 Å². The summed E-state index contributed by atoms with van der Waals surface area (Å²) >= 11 is 0. The molecule has 0 saturated heterocycles. The van der Waals surface area contributed by atoms with E-state index in [0.29, 0.717) is 12.8 Å². The fourth-order valence-electron chi connectivity index (χ4n) is 3.29. The van der Waals surface area contributed by atoms with Gasteiger partial charge < -0.3 is 0 Å². The molecular formula is C19H32N4O2. The van der Waals surface area contributed by atoms with E-state index in [2.05, 4.69) is 21.1 Å². The topological polar surface area (TPSA) is 82.9 Å². The molecule has 2 N–H and O–H groups in total. The maximum absolute atomic E-state index is 11.7. The van der Waals surface area contributed by atoms with Gasteiger partial charge in [0.1, 0.15) is 0 Å². The molecule has 2 aliphatic carbocycles. The lowest BCUT2D eigenvalue weighted by atomic mass is 9.99. The molecule has 6 nitrogen and oxygen atoms in total. The molecule has 2 saturated carbocycles. The van der Waals surface area contributed by atoms with Crippen LogP contribution >= 0.6 is 0 Å². The Morgan fingerprint density at radius 3 is 1.44 bits per heavy atom. The monoisotopic (exact) mass is 348 g/mol. The number of amides is 2. The Bertz CT molecular complexity index is 440. The zero-order chi connectivity index (χ0) is 17.7. The Morgan fingerprint density at radius 2 is 1.04 bits per heavy atom. The molecule has 140 valence electrons. The van der Waals surface area contributed by atoms with Crippen LogP contribution in [0.15, 0.2) is 10.2 Å². The first-order valence-electron chi connectivity index (χ1n) is 9.92. The summed E-state index contributed by atoms with van der Waals surface area (Å²) in [5.41, 5.74) is 7.56. The first-order valence-corrected chi connectivity index (χ1v) is 9.92. The van der Waals surface area contributed by atoms with Gasteiger partial charge in [-0.05, 0) is 64.2 Å². The van der Waals surface area contributed by atoms with Gasteiger partial charge in [0.15, 0.2) is 0 Å². The Kier molecular flexibility index (Phi) is 9.23.